The van der Waals surface area contributed by atoms with E-state index in [9.17, 15) is 0 Å². The van der Waals surface area contributed by atoms with E-state index in [1.54, 1.807) is 0 Å². The van der Waals surface area contributed by atoms with Crippen molar-refractivity contribution in [2.75, 3.05) is 0 Å². The molecule has 0 amide bonds. The standard InChI is InChI=1S/C10H16N2/c1-3-9-7-12-6-4-5-8(2)10(12)11-9/h7-8H,3-6H2,1-2H3. The number of aryl methyl sites for hydroxylation is 2. The van der Waals surface area contributed by atoms with Crippen LogP contribution in [0.25, 0.3) is 0 Å². The molecular weight excluding hydrogens is 148 g/mol. The van der Waals surface area contributed by atoms with Gasteiger partial charge in [0.25, 0.3) is 0 Å². The number of imidazole rings is 1. The lowest BCUT2D eigenvalue weighted by molar-refractivity contribution is 0.463. The molecule has 1 atom stereocenters. The first-order valence-electron chi connectivity index (χ1n) is 4.87. The Kier molecular flexibility index (Phi) is 1.91. The summed E-state index contributed by atoms with van der Waals surface area (Å²) in [6.45, 7) is 5.61. The van der Waals surface area contributed by atoms with E-state index in [4.69, 9.17) is 0 Å². The van der Waals surface area contributed by atoms with Gasteiger partial charge in [0.1, 0.15) is 5.82 Å². The molecule has 0 N–H and O–H groups in total. The number of hydrogen-bond acceptors (Lipinski definition) is 1. The van der Waals surface area contributed by atoms with Crippen LogP contribution in [-0.2, 0) is 13.0 Å². The van der Waals surface area contributed by atoms with Crippen LogP contribution in [0.4, 0.5) is 0 Å². The largest absolute Gasteiger partial charge is 0.334 e. The predicted octanol–water partition coefficient (Wildman–Crippen LogP) is 2.34. The minimum atomic E-state index is 0.666. The Morgan fingerprint density at radius 1 is 1.67 bits per heavy atom. The summed E-state index contributed by atoms with van der Waals surface area (Å²) in [6.07, 6.45) is 5.89. The van der Waals surface area contributed by atoms with Crippen molar-refractivity contribution < 1.29 is 0 Å². The Labute approximate surface area is 73.6 Å². The van der Waals surface area contributed by atoms with Crippen molar-refractivity contribution in [3.05, 3.63) is 17.7 Å². The second kappa shape index (κ2) is 2.92. The van der Waals surface area contributed by atoms with Crippen molar-refractivity contribution in [2.24, 2.45) is 0 Å². The summed E-state index contributed by atoms with van der Waals surface area (Å²) < 4.78 is 2.33. The highest BCUT2D eigenvalue weighted by Crippen LogP contribution is 2.25. The summed E-state index contributed by atoms with van der Waals surface area (Å²) in [5.74, 6) is 1.97. The lowest BCUT2D eigenvalue weighted by atomic mass is 10.0. The maximum Gasteiger partial charge on any atom is 0.111 e. The number of rotatable bonds is 1. The molecule has 0 fully saturated rings. The molecule has 0 saturated heterocycles. The average molecular weight is 164 g/mol. The highest BCUT2D eigenvalue weighted by molar-refractivity contribution is 5.09. The van der Waals surface area contributed by atoms with E-state index >= 15 is 0 Å². The Morgan fingerprint density at radius 2 is 2.50 bits per heavy atom. The van der Waals surface area contributed by atoms with Gasteiger partial charge in [-0.25, -0.2) is 4.98 Å². The zero-order valence-electron chi connectivity index (χ0n) is 7.88. The van der Waals surface area contributed by atoms with Gasteiger partial charge in [-0.2, -0.15) is 0 Å². The van der Waals surface area contributed by atoms with E-state index in [0.717, 1.165) is 6.42 Å². The number of fused-ring (bicyclic) bond motifs is 1. The molecule has 1 aromatic heterocycles. The van der Waals surface area contributed by atoms with E-state index in [-0.39, 0.29) is 0 Å². The zero-order valence-corrected chi connectivity index (χ0v) is 7.88. The van der Waals surface area contributed by atoms with Crippen LogP contribution in [0.5, 0.6) is 0 Å². The van der Waals surface area contributed by atoms with Crippen LogP contribution in [-0.4, -0.2) is 9.55 Å². The van der Waals surface area contributed by atoms with Crippen LogP contribution in [0.2, 0.25) is 0 Å². The predicted molar refractivity (Wildman–Crippen MR) is 49.3 cm³/mol. The fourth-order valence-electron chi connectivity index (χ4n) is 1.93. The molecule has 0 spiro atoms. The van der Waals surface area contributed by atoms with Gasteiger partial charge in [-0.05, 0) is 19.3 Å². The average Bonchev–Trinajstić information content (AvgIpc) is 2.49. The number of nitrogens with zero attached hydrogens (tertiary/aromatic N) is 2. The Hall–Kier alpha value is -0.790. The van der Waals surface area contributed by atoms with Gasteiger partial charge in [0.15, 0.2) is 0 Å². The molecule has 1 aliphatic rings. The fraction of sp³-hybridized carbons (Fsp3) is 0.700. The molecule has 2 heterocycles. The third kappa shape index (κ3) is 1.15. The van der Waals surface area contributed by atoms with Crippen LogP contribution in [0.15, 0.2) is 6.20 Å². The first kappa shape index (κ1) is 7.84. The van der Waals surface area contributed by atoms with Crippen LogP contribution < -0.4 is 0 Å². The van der Waals surface area contributed by atoms with Crippen molar-refractivity contribution >= 4 is 0 Å². The van der Waals surface area contributed by atoms with E-state index in [2.05, 4.69) is 29.6 Å². The van der Waals surface area contributed by atoms with Crippen LogP contribution in [0, 0.1) is 0 Å². The van der Waals surface area contributed by atoms with Crippen LogP contribution in [0.3, 0.4) is 0 Å². The molecule has 2 nitrogen and oxygen atoms in total. The van der Waals surface area contributed by atoms with Gasteiger partial charge in [0, 0.05) is 18.7 Å². The summed E-state index contributed by atoms with van der Waals surface area (Å²) in [5.41, 5.74) is 1.25. The Balaban J connectivity index is 2.37. The summed E-state index contributed by atoms with van der Waals surface area (Å²) in [6, 6.07) is 0. The van der Waals surface area contributed by atoms with Crippen molar-refractivity contribution in [2.45, 2.75) is 45.6 Å². The minimum absolute atomic E-state index is 0.666. The van der Waals surface area contributed by atoms with Gasteiger partial charge in [0.2, 0.25) is 0 Å². The SMILES string of the molecule is CCc1cn2c(n1)C(C)CCC2. The third-order valence-electron chi connectivity index (χ3n) is 2.70. The molecule has 0 aliphatic carbocycles. The number of aromatic nitrogens is 2. The lowest BCUT2D eigenvalue weighted by Crippen LogP contribution is -2.12. The summed E-state index contributed by atoms with van der Waals surface area (Å²) in [5, 5.41) is 0. The first-order valence-corrected chi connectivity index (χ1v) is 4.87. The molecule has 12 heavy (non-hydrogen) atoms. The quantitative estimate of drug-likeness (QED) is 0.623. The summed E-state index contributed by atoms with van der Waals surface area (Å²) in [4.78, 5) is 4.61. The van der Waals surface area contributed by atoms with Crippen molar-refractivity contribution in [1.82, 2.24) is 9.55 Å². The van der Waals surface area contributed by atoms with E-state index in [1.165, 1.54) is 30.9 Å². The maximum atomic E-state index is 4.61. The van der Waals surface area contributed by atoms with Gasteiger partial charge in [-0.15, -0.1) is 0 Å². The van der Waals surface area contributed by atoms with Gasteiger partial charge < -0.3 is 4.57 Å². The summed E-state index contributed by atoms with van der Waals surface area (Å²) >= 11 is 0. The Morgan fingerprint density at radius 3 is 3.17 bits per heavy atom. The molecule has 0 radical (unpaired) electrons. The first-order chi connectivity index (χ1) is 5.81. The van der Waals surface area contributed by atoms with Crippen LogP contribution >= 0.6 is 0 Å². The maximum absolute atomic E-state index is 4.61. The minimum Gasteiger partial charge on any atom is -0.334 e. The lowest BCUT2D eigenvalue weighted by Gasteiger charge is -2.19. The normalized spacial score (nSPS) is 22.3. The van der Waals surface area contributed by atoms with Crippen molar-refractivity contribution in [3.63, 3.8) is 0 Å². The number of hydrogen-bond donors (Lipinski definition) is 0. The molecule has 0 bridgehead atoms. The van der Waals surface area contributed by atoms with Crippen LogP contribution in [0.1, 0.15) is 44.1 Å². The molecule has 2 rings (SSSR count). The van der Waals surface area contributed by atoms with Crippen molar-refractivity contribution in [3.8, 4) is 0 Å². The smallest absolute Gasteiger partial charge is 0.111 e. The molecule has 2 heteroatoms. The topological polar surface area (TPSA) is 17.8 Å². The molecule has 0 saturated carbocycles. The molecule has 1 aromatic rings. The second-order valence-corrected chi connectivity index (χ2v) is 3.68. The highest BCUT2D eigenvalue weighted by Gasteiger charge is 2.18. The van der Waals surface area contributed by atoms with E-state index in [1.807, 2.05) is 0 Å². The monoisotopic (exact) mass is 164 g/mol. The van der Waals surface area contributed by atoms with Crippen molar-refractivity contribution in [1.29, 1.82) is 0 Å². The fourth-order valence-corrected chi connectivity index (χ4v) is 1.93. The molecular formula is C10H16N2. The molecule has 66 valence electrons. The molecule has 1 unspecified atom stereocenters. The van der Waals surface area contributed by atoms with Gasteiger partial charge in [-0.3, -0.25) is 0 Å². The highest BCUT2D eigenvalue weighted by atomic mass is 15.1. The van der Waals surface area contributed by atoms with Gasteiger partial charge in [0.05, 0.1) is 5.69 Å². The molecule has 0 aromatic carbocycles. The van der Waals surface area contributed by atoms with Gasteiger partial charge >= 0.3 is 0 Å². The van der Waals surface area contributed by atoms with Gasteiger partial charge in [-0.1, -0.05) is 13.8 Å². The summed E-state index contributed by atoms with van der Waals surface area (Å²) in [7, 11) is 0. The molecule has 1 aliphatic heterocycles. The van der Waals surface area contributed by atoms with E-state index in [0.29, 0.717) is 5.92 Å². The third-order valence-corrected chi connectivity index (χ3v) is 2.70. The Bertz CT molecular complexity index is 275. The second-order valence-electron chi connectivity index (χ2n) is 3.68. The zero-order chi connectivity index (χ0) is 8.55. The van der Waals surface area contributed by atoms with E-state index < -0.39 is 0 Å².